The molecule has 4 atom stereocenters. The van der Waals surface area contributed by atoms with E-state index in [0.717, 1.165) is 42.7 Å². The van der Waals surface area contributed by atoms with Gasteiger partial charge in [-0.25, -0.2) is 0 Å². The molecule has 2 aromatic rings. The number of benzene rings is 2. The number of hydrogen-bond donors (Lipinski definition) is 3. The van der Waals surface area contributed by atoms with Gasteiger partial charge in [-0.1, -0.05) is 24.3 Å². The van der Waals surface area contributed by atoms with Crippen LogP contribution in [0.25, 0.3) is 0 Å². The standard InChI is InChI=1S/C24H27N3O3/c1-30-18-6-4-5-15(11-18)14-25-22(28)20-12-17-10-9-16(20)13-24(17)26-21-8-3-2-7-19(21)23(29)27-24/h2-8,11,16-17,20,26H,9-10,12-14H2,1H3,(H,25,28)(H,27,29)/t16-,17+,20-,24-/m1/s1. The summed E-state index contributed by atoms with van der Waals surface area (Å²) in [7, 11) is 1.64. The van der Waals surface area contributed by atoms with Gasteiger partial charge in [-0.15, -0.1) is 0 Å². The molecule has 3 aliphatic carbocycles. The normalized spacial score (nSPS) is 29.0. The Hall–Kier alpha value is -3.02. The molecular weight excluding hydrogens is 378 g/mol. The Morgan fingerprint density at radius 3 is 2.83 bits per heavy atom. The Morgan fingerprint density at radius 2 is 2.03 bits per heavy atom. The molecule has 0 unspecified atom stereocenters. The summed E-state index contributed by atoms with van der Waals surface area (Å²) in [6.07, 6.45) is 3.64. The fourth-order valence-electron chi connectivity index (χ4n) is 5.57. The molecule has 0 saturated heterocycles. The van der Waals surface area contributed by atoms with Gasteiger partial charge in [-0.3, -0.25) is 9.59 Å². The third kappa shape index (κ3) is 3.20. The lowest BCUT2D eigenvalue weighted by Gasteiger charge is -2.56. The van der Waals surface area contributed by atoms with E-state index in [4.69, 9.17) is 4.74 Å². The summed E-state index contributed by atoms with van der Waals surface area (Å²) in [4.78, 5) is 25.7. The zero-order chi connectivity index (χ0) is 20.7. The van der Waals surface area contributed by atoms with Gasteiger partial charge in [0, 0.05) is 24.1 Å². The van der Waals surface area contributed by atoms with Crippen LogP contribution in [0, 0.1) is 17.8 Å². The van der Waals surface area contributed by atoms with E-state index in [1.807, 2.05) is 48.5 Å². The second kappa shape index (κ2) is 7.35. The number of nitrogens with one attached hydrogen (secondary N) is 3. The topological polar surface area (TPSA) is 79.5 Å². The zero-order valence-corrected chi connectivity index (χ0v) is 17.1. The average molecular weight is 405 g/mol. The summed E-state index contributed by atoms with van der Waals surface area (Å²) in [5.41, 5.74) is 2.18. The number of para-hydroxylation sites is 1. The highest BCUT2D eigenvalue weighted by Gasteiger charge is 2.55. The molecule has 3 saturated carbocycles. The number of carbonyl (C=O) groups excluding carboxylic acids is 2. The maximum absolute atomic E-state index is 13.0. The van der Waals surface area contributed by atoms with Crippen molar-refractivity contribution < 1.29 is 14.3 Å². The Kier molecular flexibility index (Phi) is 4.65. The van der Waals surface area contributed by atoms with Gasteiger partial charge in [0.25, 0.3) is 5.91 Å². The molecular formula is C24H27N3O3. The highest BCUT2D eigenvalue weighted by atomic mass is 16.5. The maximum Gasteiger partial charge on any atom is 0.255 e. The molecule has 156 valence electrons. The largest absolute Gasteiger partial charge is 0.497 e. The molecule has 2 bridgehead atoms. The highest BCUT2D eigenvalue weighted by Crippen LogP contribution is 2.51. The number of rotatable bonds is 4. The van der Waals surface area contributed by atoms with E-state index in [9.17, 15) is 9.59 Å². The van der Waals surface area contributed by atoms with Gasteiger partial charge in [0.05, 0.1) is 12.7 Å². The predicted octanol–water partition coefficient (Wildman–Crippen LogP) is 3.30. The Bertz CT molecular complexity index is 991. The van der Waals surface area contributed by atoms with Gasteiger partial charge in [0.15, 0.2) is 0 Å². The predicted molar refractivity (Wildman–Crippen MR) is 114 cm³/mol. The molecule has 6 nitrogen and oxygen atoms in total. The summed E-state index contributed by atoms with van der Waals surface area (Å²) in [6, 6.07) is 15.4. The van der Waals surface area contributed by atoms with E-state index in [1.165, 1.54) is 0 Å². The molecule has 1 heterocycles. The van der Waals surface area contributed by atoms with Crippen LogP contribution in [-0.4, -0.2) is 24.6 Å². The second-order valence-corrected chi connectivity index (χ2v) is 8.75. The molecule has 3 N–H and O–H groups in total. The van der Waals surface area contributed by atoms with Gasteiger partial charge < -0.3 is 20.7 Å². The smallest absolute Gasteiger partial charge is 0.255 e. The quantitative estimate of drug-likeness (QED) is 0.729. The lowest BCUT2D eigenvalue weighted by Crippen LogP contribution is -2.68. The summed E-state index contributed by atoms with van der Waals surface area (Å²) in [5, 5.41) is 10.00. The number of carbonyl (C=O) groups is 2. The minimum atomic E-state index is -0.433. The molecule has 4 aliphatic rings. The zero-order valence-electron chi connectivity index (χ0n) is 17.1. The highest BCUT2D eigenvalue weighted by molar-refractivity contribution is 6.02. The first-order chi connectivity index (χ1) is 14.6. The third-order valence-corrected chi connectivity index (χ3v) is 7.08. The lowest BCUT2D eigenvalue weighted by atomic mass is 9.58. The number of ether oxygens (including phenoxy) is 1. The van der Waals surface area contributed by atoms with E-state index in [1.54, 1.807) is 7.11 Å². The van der Waals surface area contributed by atoms with Gasteiger partial charge in [-0.05, 0) is 61.4 Å². The molecule has 3 fully saturated rings. The lowest BCUT2D eigenvalue weighted by molar-refractivity contribution is -0.132. The van der Waals surface area contributed by atoms with E-state index < -0.39 is 5.66 Å². The molecule has 0 aromatic heterocycles. The van der Waals surface area contributed by atoms with Gasteiger partial charge in [0.1, 0.15) is 11.4 Å². The number of fused-ring (bicyclic) bond motifs is 3. The van der Waals surface area contributed by atoms with Crippen molar-refractivity contribution in [1.82, 2.24) is 10.6 Å². The summed E-state index contributed by atoms with van der Waals surface area (Å²) in [6.45, 7) is 0.497. The van der Waals surface area contributed by atoms with Crippen LogP contribution >= 0.6 is 0 Å². The molecule has 30 heavy (non-hydrogen) atoms. The molecule has 1 aliphatic heterocycles. The van der Waals surface area contributed by atoms with Crippen LogP contribution in [0.15, 0.2) is 48.5 Å². The van der Waals surface area contributed by atoms with Crippen LogP contribution in [0.5, 0.6) is 5.75 Å². The van der Waals surface area contributed by atoms with Crippen molar-refractivity contribution in [1.29, 1.82) is 0 Å². The monoisotopic (exact) mass is 405 g/mol. The SMILES string of the molecule is COc1cccc(CNC(=O)[C@@H]2C[C@@H]3CC[C@@H]2C[C@@]32NC(=O)c3ccccc3N2)c1. The summed E-state index contributed by atoms with van der Waals surface area (Å²) >= 11 is 0. The van der Waals surface area contributed by atoms with Gasteiger partial charge in [-0.2, -0.15) is 0 Å². The van der Waals surface area contributed by atoms with Crippen molar-refractivity contribution in [2.75, 3.05) is 12.4 Å². The van der Waals surface area contributed by atoms with Crippen LogP contribution in [-0.2, 0) is 11.3 Å². The van der Waals surface area contributed by atoms with Crippen LogP contribution in [0.1, 0.15) is 41.6 Å². The van der Waals surface area contributed by atoms with E-state index in [0.29, 0.717) is 12.1 Å². The summed E-state index contributed by atoms with van der Waals surface area (Å²) in [5.74, 6) is 1.39. The van der Waals surface area contributed by atoms with Crippen molar-refractivity contribution in [2.45, 2.75) is 37.9 Å². The average Bonchev–Trinajstić information content (AvgIpc) is 2.78. The second-order valence-electron chi connectivity index (χ2n) is 8.75. The third-order valence-electron chi connectivity index (χ3n) is 7.08. The van der Waals surface area contributed by atoms with Crippen molar-refractivity contribution in [3.8, 4) is 5.75 Å². The minimum Gasteiger partial charge on any atom is -0.497 e. The fraction of sp³-hybridized carbons (Fsp3) is 0.417. The Labute approximate surface area is 176 Å². The number of hydrogen-bond acceptors (Lipinski definition) is 4. The van der Waals surface area contributed by atoms with E-state index in [2.05, 4.69) is 16.0 Å². The van der Waals surface area contributed by atoms with Crippen LogP contribution < -0.4 is 20.7 Å². The van der Waals surface area contributed by atoms with Crippen molar-refractivity contribution in [2.24, 2.45) is 17.8 Å². The minimum absolute atomic E-state index is 0.00384. The Balaban J connectivity index is 1.28. The molecule has 2 amide bonds. The first-order valence-electron chi connectivity index (χ1n) is 10.7. The first-order valence-corrected chi connectivity index (χ1v) is 10.7. The fourth-order valence-corrected chi connectivity index (χ4v) is 5.57. The molecule has 2 aromatic carbocycles. The molecule has 6 rings (SSSR count). The number of amides is 2. The van der Waals surface area contributed by atoms with Crippen molar-refractivity contribution in [3.63, 3.8) is 0 Å². The molecule has 1 spiro atoms. The van der Waals surface area contributed by atoms with Crippen molar-refractivity contribution >= 4 is 17.5 Å². The van der Waals surface area contributed by atoms with Crippen molar-refractivity contribution in [3.05, 3.63) is 59.7 Å². The van der Waals surface area contributed by atoms with E-state index >= 15 is 0 Å². The van der Waals surface area contributed by atoms with Gasteiger partial charge in [0.2, 0.25) is 5.91 Å². The van der Waals surface area contributed by atoms with Crippen LogP contribution in [0.4, 0.5) is 5.69 Å². The van der Waals surface area contributed by atoms with Gasteiger partial charge >= 0.3 is 0 Å². The van der Waals surface area contributed by atoms with Crippen LogP contribution in [0.2, 0.25) is 0 Å². The molecule has 6 heteroatoms. The number of methoxy groups -OCH3 is 1. The number of anilines is 1. The van der Waals surface area contributed by atoms with Crippen LogP contribution in [0.3, 0.4) is 0 Å². The first kappa shape index (κ1) is 19.0. The maximum atomic E-state index is 13.0. The molecule has 0 radical (unpaired) electrons. The summed E-state index contributed by atoms with van der Waals surface area (Å²) < 4.78 is 5.26. The van der Waals surface area contributed by atoms with E-state index in [-0.39, 0.29) is 29.6 Å². The Morgan fingerprint density at radius 1 is 1.17 bits per heavy atom.